The van der Waals surface area contributed by atoms with Crippen LogP contribution < -0.4 is 10.5 Å². The van der Waals surface area contributed by atoms with E-state index in [1.54, 1.807) is 13.0 Å². The standard InChI is InChI=1S/C14H22FNO2/c1-9(16)11-6-5-10(15)7-12(11)18-8-13(17)14(2,3)4/h5-7,9,13,17H,8,16H2,1-4H3/t9-,13?/m0/s1. The van der Waals surface area contributed by atoms with Crippen molar-refractivity contribution in [3.8, 4) is 5.75 Å². The molecule has 0 bridgehead atoms. The zero-order valence-electron chi connectivity index (χ0n) is 11.4. The molecular formula is C14H22FNO2. The summed E-state index contributed by atoms with van der Waals surface area (Å²) in [4.78, 5) is 0. The number of aliphatic hydroxyl groups excluding tert-OH is 1. The summed E-state index contributed by atoms with van der Waals surface area (Å²) in [5.74, 6) is 0.0212. The molecule has 3 nitrogen and oxygen atoms in total. The van der Waals surface area contributed by atoms with E-state index in [4.69, 9.17) is 10.5 Å². The molecular weight excluding hydrogens is 233 g/mol. The predicted molar refractivity (Wildman–Crippen MR) is 70.0 cm³/mol. The van der Waals surface area contributed by atoms with E-state index in [2.05, 4.69) is 0 Å². The molecule has 18 heavy (non-hydrogen) atoms. The first-order valence-corrected chi connectivity index (χ1v) is 6.07. The highest BCUT2D eigenvalue weighted by Crippen LogP contribution is 2.26. The first-order valence-electron chi connectivity index (χ1n) is 6.07. The Balaban J connectivity index is 2.81. The van der Waals surface area contributed by atoms with Gasteiger partial charge in [0, 0.05) is 17.7 Å². The molecule has 0 saturated carbocycles. The lowest BCUT2D eigenvalue weighted by atomic mass is 9.90. The van der Waals surface area contributed by atoms with Crippen LogP contribution in [0.1, 0.15) is 39.3 Å². The van der Waals surface area contributed by atoms with Crippen molar-refractivity contribution >= 4 is 0 Å². The summed E-state index contributed by atoms with van der Waals surface area (Å²) in [6.07, 6.45) is -0.623. The zero-order valence-corrected chi connectivity index (χ0v) is 11.4. The third-order valence-electron chi connectivity index (χ3n) is 2.86. The predicted octanol–water partition coefficient (Wildman–Crippen LogP) is 2.63. The van der Waals surface area contributed by atoms with Crippen molar-refractivity contribution in [2.24, 2.45) is 11.1 Å². The van der Waals surface area contributed by atoms with Gasteiger partial charge in [-0.1, -0.05) is 26.8 Å². The van der Waals surface area contributed by atoms with Crippen molar-refractivity contribution in [1.82, 2.24) is 0 Å². The Labute approximate surface area is 108 Å². The third kappa shape index (κ3) is 3.96. The van der Waals surface area contributed by atoms with Crippen LogP contribution in [0.5, 0.6) is 5.75 Å². The number of aliphatic hydroxyl groups is 1. The Morgan fingerprint density at radius 1 is 1.39 bits per heavy atom. The number of hydrogen-bond acceptors (Lipinski definition) is 3. The second-order valence-corrected chi connectivity index (χ2v) is 5.66. The van der Waals surface area contributed by atoms with Crippen LogP contribution in [-0.2, 0) is 0 Å². The van der Waals surface area contributed by atoms with Gasteiger partial charge in [-0.25, -0.2) is 4.39 Å². The summed E-state index contributed by atoms with van der Waals surface area (Å²) in [6.45, 7) is 7.67. The van der Waals surface area contributed by atoms with Gasteiger partial charge in [0.05, 0.1) is 6.10 Å². The molecule has 0 aliphatic carbocycles. The fourth-order valence-electron chi connectivity index (χ4n) is 1.43. The largest absolute Gasteiger partial charge is 0.490 e. The van der Waals surface area contributed by atoms with Crippen LogP contribution in [0, 0.1) is 11.2 Å². The Kier molecular flexibility index (Phi) is 4.71. The van der Waals surface area contributed by atoms with Crippen molar-refractivity contribution in [3.05, 3.63) is 29.6 Å². The smallest absolute Gasteiger partial charge is 0.127 e. The molecule has 4 heteroatoms. The highest BCUT2D eigenvalue weighted by Gasteiger charge is 2.23. The van der Waals surface area contributed by atoms with Gasteiger partial charge in [-0.3, -0.25) is 0 Å². The van der Waals surface area contributed by atoms with Gasteiger partial charge >= 0.3 is 0 Å². The summed E-state index contributed by atoms with van der Waals surface area (Å²) >= 11 is 0. The van der Waals surface area contributed by atoms with Crippen LogP contribution in [-0.4, -0.2) is 17.8 Å². The molecule has 1 unspecified atom stereocenters. The maximum atomic E-state index is 13.2. The molecule has 1 aromatic rings. The quantitative estimate of drug-likeness (QED) is 0.869. The SMILES string of the molecule is C[C@H](N)c1ccc(F)cc1OCC(O)C(C)(C)C. The molecule has 0 aliphatic heterocycles. The van der Waals surface area contributed by atoms with Crippen molar-refractivity contribution in [2.75, 3.05) is 6.61 Å². The van der Waals surface area contributed by atoms with Crippen molar-refractivity contribution in [3.63, 3.8) is 0 Å². The maximum Gasteiger partial charge on any atom is 0.127 e. The molecule has 0 heterocycles. The van der Waals surface area contributed by atoms with Gasteiger partial charge in [0.1, 0.15) is 18.2 Å². The molecule has 0 saturated heterocycles. The van der Waals surface area contributed by atoms with Gasteiger partial charge in [0.2, 0.25) is 0 Å². The van der Waals surface area contributed by atoms with Crippen LogP contribution in [0.2, 0.25) is 0 Å². The van der Waals surface area contributed by atoms with E-state index in [1.807, 2.05) is 20.8 Å². The van der Waals surface area contributed by atoms with E-state index in [0.29, 0.717) is 5.75 Å². The van der Waals surface area contributed by atoms with Crippen molar-refractivity contribution in [1.29, 1.82) is 0 Å². The molecule has 0 radical (unpaired) electrons. The molecule has 0 aliphatic rings. The number of hydrogen-bond donors (Lipinski definition) is 2. The topological polar surface area (TPSA) is 55.5 Å². The normalized spacial score (nSPS) is 15.3. The van der Waals surface area contributed by atoms with Gasteiger partial charge < -0.3 is 15.6 Å². The molecule has 2 atom stereocenters. The van der Waals surface area contributed by atoms with Crippen LogP contribution in [0.15, 0.2) is 18.2 Å². The van der Waals surface area contributed by atoms with Crippen LogP contribution in [0.25, 0.3) is 0 Å². The van der Waals surface area contributed by atoms with E-state index < -0.39 is 6.10 Å². The van der Waals surface area contributed by atoms with Gasteiger partial charge in [0.25, 0.3) is 0 Å². The summed E-state index contributed by atoms with van der Waals surface area (Å²) in [6, 6.07) is 4.02. The Hall–Kier alpha value is -1.13. The second kappa shape index (κ2) is 5.67. The maximum absolute atomic E-state index is 13.2. The second-order valence-electron chi connectivity index (χ2n) is 5.66. The first kappa shape index (κ1) is 14.9. The number of benzene rings is 1. The monoisotopic (exact) mass is 255 g/mol. The summed E-state index contributed by atoms with van der Waals surface area (Å²) in [5, 5.41) is 9.90. The molecule has 1 aromatic carbocycles. The highest BCUT2D eigenvalue weighted by molar-refractivity contribution is 5.36. The minimum Gasteiger partial charge on any atom is -0.490 e. The van der Waals surface area contributed by atoms with Crippen molar-refractivity contribution in [2.45, 2.75) is 39.8 Å². The van der Waals surface area contributed by atoms with E-state index in [-0.39, 0.29) is 23.9 Å². The van der Waals surface area contributed by atoms with Gasteiger partial charge in [0.15, 0.2) is 0 Å². The van der Waals surface area contributed by atoms with E-state index >= 15 is 0 Å². The first-order chi connectivity index (χ1) is 8.21. The molecule has 0 amide bonds. The average molecular weight is 255 g/mol. The fourth-order valence-corrected chi connectivity index (χ4v) is 1.43. The summed E-state index contributed by atoms with van der Waals surface area (Å²) in [5.41, 5.74) is 6.25. The summed E-state index contributed by atoms with van der Waals surface area (Å²) in [7, 11) is 0. The minimum absolute atomic E-state index is 0.118. The number of rotatable bonds is 4. The highest BCUT2D eigenvalue weighted by atomic mass is 19.1. The van der Waals surface area contributed by atoms with E-state index in [0.717, 1.165) is 5.56 Å². The van der Waals surface area contributed by atoms with Crippen LogP contribution in [0.3, 0.4) is 0 Å². The number of halogens is 1. The molecule has 3 N–H and O–H groups in total. The molecule has 0 fully saturated rings. The zero-order chi connectivity index (χ0) is 13.9. The number of nitrogens with two attached hydrogens (primary N) is 1. The lowest BCUT2D eigenvalue weighted by Gasteiger charge is -2.26. The van der Waals surface area contributed by atoms with Gasteiger partial charge in [-0.2, -0.15) is 0 Å². The van der Waals surface area contributed by atoms with E-state index in [9.17, 15) is 9.50 Å². The molecule has 0 aromatic heterocycles. The lowest BCUT2D eigenvalue weighted by molar-refractivity contribution is 0.0214. The average Bonchev–Trinajstić information content (AvgIpc) is 2.24. The Bertz CT molecular complexity index is 399. The lowest BCUT2D eigenvalue weighted by Crippen LogP contribution is -2.32. The van der Waals surface area contributed by atoms with E-state index in [1.165, 1.54) is 12.1 Å². The van der Waals surface area contributed by atoms with Gasteiger partial charge in [-0.15, -0.1) is 0 Å². The minimum atomic E-state index is -0.623. The Morgan fingerprint density at radius 2 is 2.00 bits per heavy atom. The van der Waals surface area contributed by atoms with Gasteiger partial charge in [-0.05, 0) is 18.4 Å². The molecule has 1 rings (SSSR count). The van der Waals surface area contributed by atoms with Crippen LogP contribution >= 0.6 is 0 Å². The fraction of sp³-hybridized carbons (Fsp3) is 0.571. The molecule has 102 valence electrons. The number of ether oxygens (including phenoxy) is 1. The Morgan fingerprint density at radius 3 is 2.50 bits per heavy atom. The summed E-state index contributed by atoms with van der Waals surface area (Å²) < 4.78 is 18.7. The molecule has 0 spiro atoms. The third-order valence-corrected chi connectivity index (χ3v) is 2.86. The van der Waals surface area contributed by atoms with Crippen LogP contribution in [0.4, 0.5) is 4.39 Å². The van der Waals surface area contributed by atoms with Crippen molar-refractivity contribution < 1.29 is 14.2 Å².